The minimum Gasteiger partial charge on any atom is -0.348 e. The SMILES string of the molecule is Cn1cccc1-c1noc([C@@H]2CCN(S(=O)(=O)C3CC3)C2)n1. The van der Waals surface area contributed by atoms with Crippen molar-refractivity contribution >= 4 is 10.0 Å². The van der Waals surface area contributed by atoms with E-state index in [0.29, 0.717) is 24.8 Å². The quantitative estimate of drug-likeness (QED) is 0.849. The Morgan fingerprint density at radius 2 is 2.14 bits per heavy atom. The van der Waals surface area contributed by atoms with Gasteiger partial charge in [0.25, 0.3) is 0 Å². The summed E-state index contributed by atoms with van der Waals surface area (Å²) in [6.07, 6.45) is 4.25. The van der Waals surface area contributed by atoms with E-state index < -0.39 is 10.0 Å². The topological polar surface area (TPSA) is 81.2 Å². The molecule has 3 heterocycles. The predicted molar refractivity (Wildman–Crippen MR) is 79.6 cm³/mol. The first-order valence-electron chi connectivity index (χ1n) is 7.50. The highest BCUT2D eigenvalue weighted by Gasteiger charge is 2.43. The molecule has 1 atom stereocenters. The summed E-state index contributed by atoms with van der Waals surface area (Å²) in [5.74, 6) is 1.07. The van der Waals surface area contributed by atoms with Crippen LogP contribution in [0.4, 0.5) is 0 Å². The van der Waals surface area contributed by atoms with Crippen LogP contribution >= 0.6 is 0 Å². The maximum Gasteiger partial charge on any atom is 0.231 e. The molecule has 0 bridgehead atoms. The first-order valence-corrected chi connectivity index (χ1v) is 9.00. The van der Waals surface area contributed by atoms with E-state index in [1.54, 1.807) is 4.31 Å². The molecule has 8 heteroatoms. The number of aryl methyl sites for hydroxylation is 1. The largest absolute Gasteiger partial charge is 0.348 e. The van der Waals surface area contributed by atoms with Crippen molar-refractivity contribution in [3.63, 3.8) is 0 Å². The maximum absolute atomic E-state index is 12.3. The van der Waals surface area contributed by atoms with Crippen LogP contribution < -0.4 is 0 Å². The number of nitrogens with zero attached hydrogens (tertiary/aromatic N) is 4. The molecule has 0 spiro atoms. The molecule has 0 unspecified atom stereocenters. The van der Waals surface area contributed by atoms with Gasteiger partial charge in [-0.1, -0.05) is 5.16 Å². The number of sulfonamides is 1. The zero-order valence-corrected chi connectivity index (χ0v) is 13.2. The molecule has 0 aromatic carbocycles. The molecule has 2 aliphatic rings. The van der Waals surface area contributed by atoms with Crippen molar-refractivity contribution in [2.24, 2.45) is 7.05 Å². The van der Waals surface area contributed by atoms with Gasteiger partial charge < -0.3 is 9.09 Å². The van der Waals surface area contributed by atoms with E-state index >= 15 is 0 Å². The Labute approximate surface area is 129 Å². The lowest BCUT2D eigenvalue weighted by molar-refractivity contribution is 0.354. The van der Waals surface area contributed by atoms with Gasteiger partial charge in [-0.05, 0) is 31.4 Å². The van der Waals surface area contributed by atoms with E-state index in [2.05, 4.69) is 10.1 Å². The summed E-state index contributed by atoms with van der Waals surface area (Å²) in [6, 6.07) is 3.85. The highest BCUT2D eigenvalue weighted by molar-refractivity contribution is 7.90. The second kappa shape index (κ2) is 4.92. The fraction of sp³-hybridized carbons (Fsp3) is 0.571. The Morgan fingerprint density at radius 1 is 1.32 bits per heavy atom. The summed E-state index contributed by atoms with van der Waals surface area (Å²) >= 11 is 0. The molecular formula is C14H18N4O3S. The van der Waals surface area contributed by atoms with Gasteiger partial charge in [-0.25, -0.2) is 12.7 Å². The average molecular weight is 322 g/mol. The second-order valence-corrected chi connectivity index (χ2v) is 8.26. The lowest BCUT2D eigenvalue weighted by Gasteiger charge is -2.14. The third-order valence-corrected chi connectivity index (χ3v) is 6.79. The molecule has 2 fully saturated rings. The van der Waals surface area contributed by atoms with Crippen molar-refractivity contribution in [1.29, 1.82) is 0 Å². The van der Waals surface area contributed by atoms with E-state index in [1.807, 2.05) is 29.9 Å². The molecule has 0 radical (unpaired) electrons. The van der Waals surface area contributed by atoms with Gasteiger partial charge in [0.1, 0.15) is 0 Å². The minimum absolute atomic E-state index is 0.00459. The first-order chi connectivity index (χ1) is 10.6. The van der Waals surface area contributed by atoms with E-state index in [-0.39, 0.29) is 11.2 Å². The zero-order chi connectivity index (χ0) is 15.3. The summed E-state index contributed by atoms with van der Waals surface area (Å²) in [4.78, 5) is 4.45. The average Bonchev–Trinajstić information content (AvgIpc) is 2.91. The van der Waals surface area contributed by atoms with E-state index in [4.69, 9.17) is 4.52 Å². The Kier molecular flexibility index (Phi) is 3.12. The molecule has 4 rings (SSSR count). The molecule has 7 nitrogen and oxygen atoms in total. The Bertz CT molecular complexity index is 791. The normalized spacial score (nSPS) is 23.2. The van der Waals surface area contributed by atoms with Crippen LogP contribution in [0.2, 0.25) is 0 Å². The second-order valence-electron chi connectivity index (χ2n) is 6.05. The summed E-state index contributed by atoms with van der Waals surface area (Å²) in [5.41, 5.74) is 0.885. The van der Waals surface area contributed by atoms with Gasteiger partial charge in [-0.3, -0.25) is 0 Å². The standard InChI is InChI=1S/C14H18N4O3S/c1-17-7-2-3-12(17)13-15-14(21-16-13)10-6-8-18(9-10)22(19,20)11-4-5-11/h2-3,7,10-11H,4-6,8-9H2,1H3/t10-/m1/s1. The molecule has 1 aliphatic carbocycles. The van der Waals surface area contributed by atoms with E-state index in [1.165, 1.54) is 0 Å². The number of hydrogen-bond acceptors (Lipinski definition) is 5. The fourth-order valence-electron chi connectivity index (χ4n) is 2.94. The lowest BCUT2D eigenvalue weighted by Crippen LogP contribution is -2.31. The van der Waals surface area contributed by atoms with Gasteiger partial charge in [0.15, 0.2) is 0 Å². The molecule has 118 valence electrons. The monoisotopic (exact) mass is 322 g/mol. The fourth-order valence-corrected chi connectivity index (χ4v) is 4.84. The summed E-state index contributed by atoms with van der Waals surface area (Å²) in [7, 11) is -1.19. The molecule has 1 saturated heterocycles. The molecule has 1 saturated carbocycles. The summed E-state index contributed by atoms with van der Waals surface area (Å²) in [5, 5.41) is 3.86. The van der Waals surface area contributed by atoms with Crippen molar-refractivity contribution in [1.82, 2.24) is 19.0 Å². The number of rotatable bonds is 4. The molecule has 2 aromatic heterocycles. The lowest BCUT2D eigenvalue weighted by atomic mass is 10.1. The van der Waals surface area contributed by atoms with Gasteiger partial charge in [-0.15, -0.1) is 0 Å². The smallest absolute Gasteiger partial charge is 0.231 e. The van der Waals surface area contributed by atoms with Crippen molar-refractivity contribution in [3.8, 4) is 11.5 Å². The molecular weight excluding hydrogens is 304 g/mol. The molecule has 2 aromatic rings. The highest BCUT2D eigenvalue weighted by atomic mass is 32.2. The van der Waals surface area contributed by atoms with Crippen molar-refractivity contribution in [3.05, 3.63) is 24.2 Å². The van der Waals surface area contributed by atoms with Gasteiger partial charge >= 0.3 is 0 Å². The number of aromatic nitrogens is 3. The van der Waals surface area contributed by atoms with Crippen molar-refractivity contribution < 1.29 is 12.9 Å². The maximum atomic E-state index is 12.3. The van der Waals surface area contributed by atoms with Crippen LogP contribution in [0.15, 0.2) is 22.9 Å². The molecule has 1 aliphatic heterocycles. The Morgan fingerprint density at radius 3 is 2.82 bits per heavy atom. The summed E-state index contributed by atoms with van der Waals surface area (Å²) in [6.45, 7) is 0.999. The molecule has 22 heavy (non-hydrogen) atoms. The van der Waals surface area contributed by atoms with E-state index in [0.717, 1.165) is 25.0 Å². The van der Waals surface area contributed by atoms with Gasteiger partial charge in [0.05, 0.1) is 16.9 Å². The van der Waals surface area contributed by atoms with Crippen molar-refractivity contribution in [2.75, 3.05) is 13.1 Å². The van der Waals surface area contributed by atoms with E-state index in [9.17, 15) is 8.42 Å². The van der Waals surface area contributed by atoms with Gasteiger partial charge in [0, 0.05) is 26.3 Å². The van der Waals surface area contributed by atoms with Crippen LogP contribution in [0.3, 0.4) is 0 Å². The van der Waals surface area contributed by atoms with Crippen molar-refractivity contribution in [2.45, 2.75) is 30.4 Å². The minimum atomic E-state index is -3.11. The Hall–Kier alpha value is -1.67. The van der Waals surface area contributed by atoms with Gasteiger partial charge in [0.2, 0.25) is 21.7 Å². The first kappa shape index (κ1) is 14.0. The predicted octanol–water partition coefficient (Wildman–Crippen LogP) is 1.36. The van der Waals surface area contributed by atoms with Crippen LogP contribution in [-0.2, 0) is 17.1 Å². The molecule has 0 amide bonds. The highest BCUT2D eigenvalue weighted by Crippen LogP contribution is 2.36. The summed E-state index contributed by atoms with van der Waals surface area (Å²) < 4.78 is 33.4. The number of hydrogen-bond donors (Lipinski definition) is 0. The molecule has 0 N–H and O–H groups in total. The third kappa shape index (κ3) is 2.26. The van der Waals surface area contributed by atoms with Gasteiger partial charge in [-0.2, -0.15) is 4.98 Å². The van der Waals surface area contributed by atoms with Crippen LogP contribution in [0.5, 0.6) is 0 Å². The Balaban J connectivity index is 1.52. The van der Waals surface area contributed by atoms with Crippen LogP contribution in [-0.4, -0.2) is 45.8 Å². The van der Waals surface area contributed by atoms with Crippen LogP contribution in [0, 0.1) is 0 Å². The van der Waals surface area contributed by atoms with Crippen LogP contribution in [0.25, 0.3) is 11.5 Å². The third-order valence-electron chi connectivity index (χ3n) is 4.42. The zero-order valence-electron chi connectivity index (χ0n) is 12.3. The van der Waals surface area contributed by atoms with Crippen LogP contribution in [0.1, 0.15) is 31.1 Å².